The summed E-state index contributed by atoms with van der Waals surface area (Å²) in [4.78, 5) is 15.5. The van der Waals surface area contributed by atoms with Crippen molar-refractivity contribution in [2.24, 2.45) is 0 Å². The minimum atomic E-state index is 0.164. The van der Waals surface area contributed by atoms with Crippen LogP contribution in [0.1, 0.15) is 96.1 Å². The van der Waals surface area contributed by atoms with Crippen LogP contribution < -0.4 is 0 Å². The van der Waals surface area contributed by atoms with Crippen molar-refractivity contribution in [3.8, 4) is 0 Å². The smallest absolute Gasteiger partial charge is 0.247 e. The van der Waals surface area contributed by atoms with Gasteiger partial charge in [0, 0.05) is 18.2 Å². The van der Waals surface area contributed by atoms with E-state index in [0.29, 0.717) is 12.1 Å². The molecular formula is C25H37NO. The van der Waals surface area contributed by atoms with Crippen LogP contribution in [0.4, 0.5) is 0 Å². The van der Waals surface area contributed by atoms with E-state index in [1.807, 2.05) is 12.2 Å². The lowest BCUT2D eigenvalue weighted by Gasteiger charge is -2.41. The molecule has 3 rings (SSSR count). The second kappa shape index (κ2) is 9.08. The SMILES string of the molecule is CC(C)(C)c1ccc(/C=C/C(=O)N(C2CCCCC2)C2CCCCC2)cc1. The number of carbonyl (C=O) groups excluding carboxylic acids is 1. The van der Waals surface area contributed by atoms with Crippen molar-refractivity contribution in [1.82, 2.24) is 4.90 Å². The molecule has 148 valence electrons. The van der Waals surface area contributed by atoms with E-state index in [1.165, 1.54) is 69.8 Å². The average molecular weight is 368 g/mol. The van der Waals surface area contributed by atoms with Crippen LogP contribution in [0.3, 0.4) is 0 Å². The maximum atomic E-state index is 13.2. The lowest BCUT2D eigenvalue weighted by atomic mass is 9.86. The van der Waals surface area contributed by atoms with Crippen LogP contribution in [-0.4, -0.2) is 22.9 Å². The third-order valence-electron chi connectivity index (χ3n) is 6.39. The Morgan fingerprint density at radius 2 is 1.33 bits per heavy atom. The standard InChI is InChI=1S/C25H37NO/c1-25(2,3)21-17-14-20(15-18-21)16-19-24(27)26(22-10-6-4-7-11-22)23-12-8-5-9-13-23/h14-19,22-23H,4-13H2,1-3H3/b19-16+. The van der Waals surface area contributed by atoms with Crippen LogP contribution in [0, 0.1) is 0 Å². The lowest BCUT2D eigenvalue weighted by Crippen LogP contribution is -2.48. The summed E-state index contributed by atoms with van der Waals surface area (Å²) >= 11 is 0. The Kier molecular flexibility index (Phi) is 6.78. The predicted molar refractivity (Wildman–Crippen MR) is 115 cm³/mol. The third kappa shape index (κ3) is 5.46. The quantitative estimate of drug-likeness (QED) is 0.557. The van der Waals surface area contributed by atoms with E-state index in [4.69, 9.17) is 0 Å². The van der Waals surface area contributed by atoms with Gasteiger partial charge in [0.2, 0.25) is 5.91 Å². The fourth-order valence-corrected chi connectivity index (χ4v) is 4.72. The predicted octanol–water partition coefficient (Wildman–Crippen LogP) is 6.49. The molecule has 2 heteroatoms. The number of benzene rings is 1. The van der Waals surface area contributed by atoms with Gasteiger partial charge in [-0.2, -0.15) is 0 Å². The first-order valence-electron chi connectivity index (χ1n) is 11.1. The van der Waals surface area contributed by atoms with Crippen LogP contribution in [0.5, 0.6) is 0 Å². The van der Waals surface area contributed by atoms with E-state index < -0.39 is 0 Å². The molecule has 1 aromatic rings. The molecule has 1 amide bonds. The highest BCUT2D eigenvalue weighted by Gasteiger charge is 2.31. The normalized spacial score (nSPS) is 20.1. The molecule has 0 aromatic heterocycles. The van der Waals surface area contributed by atoms with Gasteiger partial charge in [0.25, 0.3) is 0 Å². The van der Waals surface area contributed by atoms with Gasteiger partial charge in [0.1, 0.15) is 0 Å². The first-order chi connectivity index (χ1) is 12.9. The number of amides is 1. The molecule has 2 aliphatic rings. The van der Waals surface area contributed by atoms with Crippen LogP contribution in [-0.2, 0) is 10.2 Å². The minimum absolute atomic E-state index is 0.164. The van der Waals surface area contributed by atoms with Gasteiger partial charge < -0.3 is 4.90 Å². The maximum Gasteiger partial charge on any atom is 0.247 e. The number of carbonyl (C=O) groups is 1. The summed E-state index contributed by atoms with van der Waals surface area (Å²) in [5.41, 5.74) is 2.61. The van der Waals surface area contributed by atoms with Crippen molar-refractivity contribution in [2.75, 3.05) is 0 Å². The Hall–Kier alpha value is -1.57. The van der Waals surface area contributed by atoms with Crippen molar-refractivity contribution in [3.63, 3.8) is 0 Å². The number of nitrogens with zero attached hydrogens (tertiary/aromatic N) is 1. The molecule has 0 saturated heterocycles. The molecule has 0 atom stereocenters. The Bertz CT molecular complexity index is 607. The highest BCUT2D eigenvalue weighted by Crippen LogP contribution is 2.30. The molecule has 0 radical (unpaired) electrons. The topological polar surface area (TPSA) is 20.3 Å². The molecule has 27 heavy (non-hydrogen) atoms. The first kappa shape index (κ1) is 20.2. The Morgan fingerprint density at radius 1 is 0.852 bits per heavy atom. The molecule has 0 spiro atoms. The molecule has 2 aliphatic carbocycles. The van der Waals surface area contributed by atoms with E-state index in [1.54, 1.807) is 0 Å². The highest BCUT2D eigenvalue weighted by atomic mass is 16.2. The fraction of sp³-hybridized carbons (Fsp3) is 0.640. The second-order valence-electron chi connectivity index (χ2n) is 9.53. The van der Waals surface area contributed by atoms with E-state index in [0.717, 1.165) is 5.56 Å². The van der Waals surface area contributed by atoms with E-state index >= 15 is 0 Å². The number of rotatable bonds is 4. The molecule has 2 saturated carbocycles. The summed E-state index contributed by atoms with van der Waals surface area (Å²) in [5.74, 6) is 0.230. The van der Waals surface area contributed by atoms with Crippen molar-refractivity contribution in [2.45, 2.75) is 102 Å². The van der Waals surface area contributed by atoms with Gasteiger partial charge in [0.05, 0.1) is 0 Å². The van der Waals surface area contributed by atoms with Gasteiger partial charge in [-0.15, -0.1) is 0 Å². The van der Waals surface area contributed by atoms with Gasteiger partial charge in [-0.25, -0.2) is 0 Å². The zero-order chi connectivity index (χ0) is 19.3. The highest BCUT2D eigenvalue weighted by molar-refractivity contribution is 5.92. The lowest BCUT2D eigenvalue weighted by molar-refractivity contribution is -0.132. The van der Waals surface area contributed by atoms with E-state index in [-0.39, 0.29) is 11.3 Å². The molecule has 2 nitrogen and oxygen atoms in total. The first-order valence-corrected chi connectivity index (χ1v) is 11.1. The summed E-state index contributed by atoms with van der Waals surface area (Å²) in [6.45, 7) is 6.69. The number of hydrogen-bond donors (Lipinski definition) is 0. The zero-order valence-corrected chi connectivity index (χ0v) is 17.5. The fourth-order valence-electron chi connectivity index (χ4n) is 4.72. The van der Waals surface area contributed by atoms with Crippen molar-refractivity contribution >= 4 is 12.0 Å². The van der Waals surface area contributed by atoms with Crippen LogP contribution in [0.15, 0.2) is 30.3 Å². The Morgan fingerprint density at radius 3 is 1.78 bits per heavy atom. The van der Waals surface area contributed by atoms with Gasteiger partial charge in [-0.3, -0.25) is 4.79 Å². The monoisotopic (exact) mass is 367 g/mol. The molecule has 2 fully saturated rings. The summed E-state index contributed by atoms with van der Waals surface area (Å²) in [5, 5.41) is 0. The molecule has 0 N–H and O–H groups in total. The van der Waals surface area contributed by atoms with E-state index in [9.17, 15) is 4.79 Å². The average Bonchev–Trinajstić information content (AvgIpc) is 2.68. The van der Waals surface area contributed by atoms with Crippen molar-refractivity contribution < 1.29 is 4.79 Å². The van der Waals surface area contributed by atoms with E-state index in [2.05, 4.69) is 49.9 Å². The second-order valence-corrected chi connectivity index (χ2v) is 9.53. The molecule has 1 aromatic carbocycles. The molecule has 0 unspecified atom stereocenters. The van der Waals surface area contributed by atoms with Crippen LogP contribution in [0.25, 0.3) is 6.08 Å². The molecule has 0 bridgehead atoms. The van der Waals surface area contributed by atoms with Gasteiger partial charge in [0.15, 0.2) is 0 Å². The Balaban J connectivity index is 1.72. The summed E-state index contributed by atoms with van der Waals surface area (Å²) in [6, 6.07) is 9.56. The van der Waals surface area contributed by atoms with Crippen LogP contribution >= 0.6 is 0 Å². The zero-order valence-electron chi connectivity index (χ0n) is 17.5. The largest absolute Gasteiger partial charge is 0.333 e. The minimum Gasteiger partial charge on any atom is -0.333 e. The Labute approximate surface area is 166 Å². The third-order valence-corrected chi connectivity index (χ3v) is 6.39. The van der Waals surface area contributed by atoms with Gasteiger partial charge in [-0.1, -0.05) is 83.6 Å². The molecular weight excluding hydrogens is 330 g/mol. The van der Waals surface area contributed by atoms with Gasteiger partial charge >= 0.3 is 0 Å². The number of hydrogen-bond acceptors (Lipinski definition) is 1. The van der Waals surface area contributed by atoms with Crippen molar-refractivity contribution in [1.29, 1.82) is 0 Å². The molecule has 0 aliphatic heterocycles. The summed E-state index contributed by atoms with van der Waals surface area (Å²) < 4.78 is 0. The van der Waals surface area contributed by atoms with Gasteiger partial charge in [-0.05, 0) is 48.3 Å². The maximum absolute atomic E-state index is 13.2. The van der Waals surface area contributed by atoms with Crippen LogP contribution in [0.2, 0.25) is 0 Å². The molecule has 0 heterocycles. The van der Waals surface area contributed by atoms with Crippen molar-refractivity contribution in [3.05, 3.63) is 41.5 Å². The summed E-state index contributed by atoms with van der Waals surface area (Å²) in [7, 11) is 0. The summed E-state index contributed by atoms with van der Waals surface area (Å²) in [6.07, 6.45) is 16.4.